The van der Waals surface area contributed by atoms with Crippen LogP contribution in [-0.4, -0.2) is 25.7 Å². The Kier molecular flexibility index (Phi) is 6.66. The van der Waals surface area contributed by atoms with Gasteiger partial charge in [-0.25, -0.2) is 8.78 Å². The summed E-state index contributed by atoms with van der Waals surface area (Å²) in [5.74, 6) is -2.61. The van der Waals surface area contributed by atoms with E-state index in [1.54, 1.807) is 6.08 Å². The Morgan fingerprint density at radius 2 is 2.00 bits per heavy atom. The van der Waals surface area contributed by atoms with Crippen LogP contribution in [0.1, 0.15) is 16.8 Å². The van der Waals surface area contributed by atoms with E-state index in [9.17, 15) is 13.6 Å². The molecule has 0 unspecified atom stereocenters. The molecule has 0 aliphatic heterocycles. The lowest BCUT2D eigenvalue weighted by molar-refractivity contribution is 0.0909. The lowest BCUT2D eigenvalue weighted by atomic mass is 10.2. The van der Waals surface area contributed by atoms with Crippen LogP contribution in [0.15, 0.2) is 29.3 Å². The quantitative estimate of drug-likeness (QED) is 0.615. The summed E-state index contributed by atoms with van der Waals surface area (Å²) in [6.45, 7) is 4.50. The lowest BCUT2D eigenvalue weighted by Crippen LogP contribution is -2.29. The van der Waals surface area contributed by atoms with Crippen LogP contribution < -0.4 is 5.32 Å². The molecule has 19 heavy (non-hydrogen) atoms. The van der Waals surface area contributed by atoms with E-state index in [0.717, 1.165) is 12.1 Å². The van der Waals surface area contributed by atoms with E-state index in [1.807, 2.05) is 0 Å². The van der Waals surface area contributed by atoms with E-state index in [4.69, 9.17) is 4.74 Å². The minimum absolute atomic E-state index is 0.185. The zero-order chi connectivity index (χ0) is 14.3. The number of amides is 1. The second kappa shape index (κ2) is 8.01. The molecule has 1 aromatic carbocycles. The van der Waals surface area contributed by atoms with Crippen LogP contribution in [0.25, 0.3) is 0 Å². The van der Waals surface area contributed by atoms with Gasteiger partial charge in [0.25, 0.3) is 5.91 Å². The number of hydrogen-bond acceptors (Lipinski definition) is 2. The Bertz CT molecular complexity index is 443. The fourth-order valence-corrected chi connectivity index (χ4v) is 1.75. The summed E-state index contributed by atoms with van der Waals surface area (Å²) in [6.07, 6.45) is 2.43. The van der Waals surface area contributed by atoms with Crippen molar-refractivity contribution in [2.24, 2.45) is 0 Å². The van der Waals surface area contributed by atoms with E-state index in [0.29, 0.717) is 13.0 Å². The Hall–Kier alpha value is -1.27. The van der Waals surface area contributed by atoms with Crippen LogP contribution in [-0.2, 0) is 4.74 Å². The maximum atomic E-state index is 13.5. The molecule has 0 bridgehead atoms. The summed E-state index contributed by atoms with van der Waals surface area (Å²) in [7, 11) is 0. The molecule has 0 spiro atoms. The predicted octanol–water partition coefficient (Wildman–Crippen LogP) is 3.05. The summed E-state index contributed by atoms with van der Waals surface area (Å²) in [5, 5.41) is 2.39. The molecule has 0 aromatic heterocycles. The normalized spacial score (nSPS) is 10.3. The van der Waals surface area contributed by atoms with Crippen molar-refractivity contribution in [3.63, 3.8) is 0 Å². The molecule has 1 rings (SSSR count). The minimum atomic E-state index is -0.906. The highest BCUT2D eigenvalue weighted by molar-refractivity contribution is 9.10. The molecule has 0 radical (unpaired) electrons. The van der Waals surface area contributed by atoms with E-state index in [2.05, 4.69) is 27.8 Å². The zero-order valence-electron chi connectivity index (χ0n) is 10.2. The molecule has 0 aliphatic rings. The van der Waals surface area contributed by atoms with Crippen molar-refractivity contribution >= 4 is 21.8 Å². The predicted molar refractivity (Wildman–Crippen MR) is 72.0 cm³/mol. The smallest absolute Gasteiger partial charge is 0.257 e. The third-order valence-electron chi connectivity index (χ3n) is 2.23. The number of benzene rings is 1. The molecule has 3 nitrogen and oxygen atoms in total. The molecule has 0 atom stereocenters. The summed E-state index contributed by atoms with van der Waals surface area (Å²) < 4.78 is 32.3. The SMILES string of the molecule is C=CCCOCCNC(=O)c1c(F)cc(Br)cc1F. The maximum absolute atomic E-state index is 13.5. The van der Waals surface area contributed by atoms with Gasteiger partial charge in [0.1, 0.15) is 17.2 Å². The third kappa shape index (κ3) is 5.08. The topological polar surface area (TPSA) is 38.3 Å². The lowest BCUT2D eigenvalue weighted by Gasteiger charge is -2.08. The van der Waals surface area contributed by atoms with Crippen LogP contribution in [0.3, 0.4) is 0 Å². The van der Waals surface area contributed by atoms with Gasteiger partial charge >= 0.3 is 0 Å². The van der Waals surface area contributed by atoms with Gasteiger partial charge in [0.2, 0.25) is 0 Å². The van der Waals surface area contributed by atoms with Crippen molar-refractivity contribution in [2.75, 3.05) is 19.8 Å². The van der Waals surface area contributed by atoms with Gasteiger partial charge in [-0.2, -0.15) is 0 Å². The fraction of sp³-hybridized carbons (Fsp3) is 0.308. The molecular weight excluding hydrogens is 320 g/mol. The summed E-state index contributed by atoms with van der Waals surface area (Å²) in [4.78, 5) is 11.6. The fourth-order valence-electron chi connectivity index (χ4n) is 1.35. The minimum Gasteiger partial charge on any atom is -0.379 e. The van der Waals surface area contributed by atoms with Crippen LogP contribution >= 0.6 is 15.9 Å². The third-order valence-corrected chi connectivity index (χ3v) is 2.69. The first-order chi connectivity index (χ1) is 9.06. The van der Waals surface area contributed by atoms with Crippen molar-refractivity contribution in [1.82, 2.24) is 5.32 Å². The highest BCUT2D eigenvalue weighted by atomic mass is 79.9. The second-order valence-corrected chi connectivity index (χ2v) is 4.61. The van der Waals surface area contributed by atoms with Crippen LogP contribution in [0.5, 0.6) is 0 Å². The number of halogens is 3. The van der Waals surface area contributed by atoms with Crippen molar-refractivity contribution in [1.29, 1.82) is 0 Å². The zero-order valence-corrected chi connectivity index (χ0v) is 11.8. The molecule has 1 N–H and O–H groups in total. The first kappa shape index (κ1) is 15.8. The number of ether oxygens (including phenoxy) is 1. The van der Waals surface area contributed by atoms with Crippen LogP contribution in [0.4, 0.5) is 8.78 Å². The number of rotatable bonds is 7. The number of carbonyl (C=O) groups is 1. The first-order valence-electron chi connectivity index (χ1n) is 5.67. The molecule has 6 heteroatoms. The van der Waals surface area contributed by atoms with Gasteiger partial charge in [0, 0.05) is 11.0 Å². The molecular formula is C13H14BrF2NO2. The highest BCUT2D eigenvalue weighted by Crippen LogP contribution is 2.19. The molecule has 0 heterocycles. The summed E-state index contributed by atoms with van der Waals surface area (Å²) in [6, 6.07) is 2.08. The Morgan fingerprint density at radius 1 is 1.37 bits per heavy atom. The van der Waals surface area contributed by atoms with Crippen molar-refractivity contribution in [3.05, 3.63) is 46.5 Å². The molecule has 0 aliphatic carbocycles. The first-order valence-corrected chi connectivity index (χ1v) is 6.47. The molecule has 0 saturated carbocycles. The van der Waals surface area contributed by atoms with Gasteiger partial charge in [0.05, 0.1) is 13.2 Å². The second-order valence-electron chi connectivity index (χ2n) is 3.69. The summed E-state index contributed by atoms with van der Waals surface area (Å²) in [5.41, 5.74) is -0.589. The van der Waals surface area contributed by atoms with Crippen molar-refractivity contribution < 1.29 is 18.3 Å². The number of carbonyl (C=O) groups excluding carboxylic acids is 1. The Labute approximate surface area is 118 Å². The van der Waals surface area contributed by atoms with E-state index in [-0.39, 0.29) is 17.6 Å². The van der Waals surface area contributed by atoms with E-state index < -0.39 is 23.1 Å². The largest absolute Gasteiger partial charge is 0.379 e. The Morgan fingerprint density at radius 3 is 2.58 bits per heavy atom. The standard InChI is InChI=1S/C13H14BrF2NO2/c1-2-3-5-19-6-4-17-13(18)12-10(15)7-9(14)8-11(12)16/h2,7-8H,1,3-6H2,(H,17,18). The van der Waals surface area contributed by atoms with Gasteiger partial charge < -0.3 is 10.1 Å². The van der Waals surface area contributed by atoms with Crippen molar-refractivity contribution in [3.8, 4) is 0 Å². The molecule has 104 valence electrons. The van der Waals surface area contributed by atoms with Crippen LogP contribution in [0, 0.1) is 11.6 Å². The van der Waals surface area contributed by atoms with Gasteiger partial charge in [-0.1, -0.05) is 22.0 Å². The maximum Gasteiger partial charge on any atom is 0.257 e. The van der Waals surface area contributed by atoms with Gasteiger partial charge in [0.15, 0.2) is 0 Å². The van der Waals surface area contributed by atoms with Gasteiger partial charge in [-0.05, 0) is 18.6 Å². The van der Waals surface area contributed by atoms with Gasteiger partial charge in [-0.15, -0.1) is 6.58 Å². The van der Waals surface area contributed by atoms with E-state index >= 15 is 0 Å². The Balaban J connectivity index is 2.48. The average molecular weight is 334 g/mol. The molecule has 1 aromatic rings. The van der Waals surface area contributed by atoms with Crippen molar-refractivity contribution in [2.45, 2.75) is 6.42 Å². The van der Waals surface area contributed by atoms with Crippen LogP contribution in [0.2, 0.25) is 0 Å². The van der Waals surface area contributed by atoms with E-state index in [1.165, 1.54) is 0 Å². The molecule has 0 fully saturated rings. The van der Waals surface area contributed by atoms with Gasteiger partial charge in [-0.3, -0.25) is 4.79 Å². The summed E-state index contributed by atoms with van der Waals surface area (Å²) >= 11 is 2.94. The highest BCUT2D eigenvalue weighted by Gasteiger charge is 2.17. The number of nitrogens with one attached hydrogen (secondary N) is 1. The molecule has 0 saturated heterocycles. The average Bonchev–Trinajstić information content (AvgIpc) is 2.32. The number of hydrogen-bond donors (Lipinski definition) is 1. The monoisotopic (exact) mass is 333 g/mol. The molecule has 1 amide bonds.